The maximum atomic E-state index is 4.72. The third kappa shape index (κ3) is 5.32. The van der Waals surface area contributed by atoms with Crippen LogP contribution in [0.15, 0.2) is 42.9 Å². The molecule has 8 heteroatoms. The highest BCUT2D eigenvalue weighted by Gasteiger charge is 2.15. The fraction of sp³-hybridized carbons (Fsp3) is 0.440. The smallest absolute Gasteiger partial charge is 0.224 e. The molecular weight excluding hydrogens is 412 g/mol. The van der Waals surface area contributed by atoms with Gasteiger partial charge in [0, 0.05) is 63.4 Å². The second-order valence-corrected chi connectivity index (χ2v) is 8.87. The summed E-state index contributed by atoms with van der Waals surface area (Å²) in [5, 5.41) is 6.84. The van der Waals surface area contributed by atoms with Crippen LogP contribution in [0.3, 0.4) is 0 Å². The van der Waals surface area contributed by atoms with Crippen LogP contribution in [0.4, 0.5) is 23.4 Å². The van der Waals surface area contributed by atoms with E-state index in [4.69, 9.17) is 4.98 Å². The van der Waals surface area contributed by atoms with Crippen LogP contribution in [0.1, 0.15) is 42.4 Å². The predicted octanol–water partition coefficient (Wildman–Crippen LogP) is 4.00. The van der Waals surface area contributed by atoms with Crippen LogP contribution in [0.2, 0.25) is 0 Å². The molecule has 3 aromatic heterocycles. The van der Waals surface area contributed by atoms with Gasteiger partial charge in [0.1, 0.15) is 17.5 Å². The van der Waals surface area contributed by atoms with E-state index in [1.54, 1.807) is 0 Å². The van der Waals surface area contributed by atoms with Crippen molar-refractivity contribution in [2.45, 2.75) is 45.7 Å². The summed E-state index contributed by atoms with van der Waals surface area (Å²) >= 11 is 0. The van der Waals surface area contributed by atoms with E-state index in [-0.39, 0.29) is 0 Å². The molecule has 2 aliphatic heterocycles. The van der Waals surface area contributed by atoms with Gasteiger partial charge in [-0.25, -0.2) is 15.0 Å². The molecule has 2 aliphatic rings. The lowest BCUT2D eigenvalue weighted by atomic mass is 10.2. The van der Waals surface area contributed by atoms with Gasteiger partial charge < -0.3 is 20.4 Å². The van der Waals surface area contributed by atoms with Gasteiger partial charge in [-0.2, -0.15) is 4.98 Å². The minimum Gasteiger partial charge on any atom is -0.366 e. The lowest BCUT2D eigenvalue weighted by Gasteiger charge is -2.17. The Hall–Kier alpha value is -3.42. The molecule has 0 unspecified atom stereocenters. The van der Waals surface area contributed by atoms with Crippen LogP contribution in [0.5, 0.6) is 0 Å². The Labute approximate surface area is 195 Å². The van der Waals surface area contributed by atoms with Crippen LogP contribution in [-0.2, 0) is 13.1 Å². The molecule has 0 amide bonds. The van der Waals surface area contributed by atoms with Gasteiger partial charge in [-0.3, -0.25) is 0 Å². The molecule has 172 valence electrons. The molecule has 2 N–H and O–H groups in total. The van der Waals surface area contributed by atoms with E-state index in [1.165, 1.54) is 36.8 Å². The van der Waals surface area contributed by atoms with Crippen LogP contribution in [-0.4, -0.2) is 46.1 Å². The van der Waals surface area contributed by atoms with Crippen LogP contribution < -0.4 is 20.4 Å². The van der Waals surface area contributed by atoms with Gasteiger partial charge in [0.2, 0.25) is 5.95 Å². The van der Waals surface area contributed by atoms with Gasteiger partial charge in [0.25, 0.3) is 0 Å². The van der Waals surface area contributed by atoms with E-state index in [9.17, 15) is 0 Å². The summed E-state index contributed by atoms with van der Waals surface area (Å²) in [5.74, 6) is 3.60. The predicted molar refractivity (Wildman–Crippen MR) is 133 cm³/mol. The first-order valence-corrected chi connectivity index (χ1v) is 12.0. The van der Waals surface area contributed by atoms with E-state index in [0.29, 0.717) is 19.0 Å². The number of hydrogen-bond acceptors (Lipinski definition) is 8. The van der Waals surface area contributed by atoms with Crippen molar-refractivity contribution >= 4 is 23.4 Å². The number of nitrogens with one attached hydrogen (secondary N) is 2. The van der Waals surface area contributed by atoms with Crippen molar-refractivity contribution in [1.82, 2.24) is 19.9 Å². The number of nitrogens with zero attached hydrogens (tertiary/aromatic N) is 6. The molecule has 0 spiro atoms. The minimum atomic E-state index is 0.620. The normalized spacial score (nSPS) is 15.8. The maximum Gasteiger partial charge on any atom is 0.224 e. The average molecular weight is 445 g/mol. The minimum absolute atomic E-state index is 0.620. The first-order valence-electron chi connectivity index (χ1n) is 12.0. The standard InChI is InChI=1S/C25H32N8/c1-19-16-29-25(30-18-21-7-9-27-23(15-21)33-12-4-5-13-33)31-24(19)28-17-20-6-8-26-22(14-20)32-10-2-3-11-32/h6-9,14-16H,2-5,10-13,17-18H2,1H3,(H2,28,29,30,31). The van der Waals surface area contributed by atoms with Crippen molar-refractivity contribution < 1.29 is 0 Å². The zero-order valence-electron chi connectivity index (χ0n) is 19.3. The Bertz CT molecular complexity index is 1070. The number of pyridine rings is 2. The SMILES string of the molecule is Cc1cnc(NCc2ccnc(N3CCCC3)c2)nc1NCc1ccnc(N2CCCC2)c1. The highest BCUT2D eigenvalue weighted by Crippen LogP contribution is 2.21. The number of hydrogen-bond donors (Lipinski definition) is 2. The van der Waals surface area contributed by atoms with Gasteiger partial charge in [-0.05, 0) is 68.0 Å². The molecule has 8 nitrogen and oxygen atoms in total. The number of rotatable bonds is 8. The first-order chi connectivity index (χ1) is 16.2. The summed E-state index contributed by atoms with van der Waals surface area (Å²) in [4.78, 5) is 23.0. The second-order valence-electron chi connectivity index (χ2n) is 8.87. The van der Waals surface area contributed by atoms with Crippen molar-refractivity contribution in [1.29, 1.82) is 0 Å². The molecule has 0 saturated carbocycles. The zero-order valence-corrected chi connectivity index (χ0v) is 19.3. The van der Waals surface area contributed by atoms with Crippen molar-refractivity contribution in [3.05, 3.63) is 59.5 Å². The molecule has 5 heterocycles. The second kappa shape index (κ2) is 10.0. The Morgan fingerprint density at radius 1 is 0.758 bits per heavy atom. The quantitative estimate of drug-likeness (QED) is 0.540. The van der Waals surface area contributed by atoms with Crippen molar-refractivity contribution in [3.63, 3.8) is 0 Å². The molecular formula is C25H32N8. The van der Waals surface area contributed by atoms with E-state index in [1.807, 2.05) is 31.6 Å². The van der Waals surface area contributed by atoms with Gasteiger partial charge in [0.05, 0.1) is 0 Å². The lowest BCUT2D eigenvalue weighted by Crippen LogP contribution is -2.19. The van der Waals surface area contributed by atoms with Crippen LogP contribution >= 0.6 is 0 Å². The summed E-state index contributed by atoms with van der Waals surface area (Å²) < 4.78 is 0. The van der Waals surface area contributed by atoms with E-state index < -0.39 is 0 Å². The highest BCUT2D eigenvalue weighted by molar-refractivity contribution is 5.49. The van der Waals surface area contributed by atoms with Crippen LogP contribution in [0.25, 0.3) is 0 Å². The highest BCUT2D eigenvalue weighted by atomic mass is 15.2. The Balaban J connectivity index is 1.21. The third-order valence-corrected chi connectivity index (χ3v) is 6.36. The monoisotopic (exact) mass is 444 g/mol. The fourth-order valence-electron chi connectivity index (χ4n) is 4.45. The largest absolute Gasteiger partial charge is 0.366 e. The Kier molecular flexibility index (Phi) is 6.51. The van der Waals surface area contributed by atoms with E-state index >= 15 is 0 Å². The summed E-state index contributed by atoms with van der Waals surface area (Å²) in [6.07, 6.45) is 10.6. The molecule has 0 bridgehead atoms. The first kappa shape index (κ1) is 21.4. The van der Waals surface area contributed by atoms with Gasteiger partial charge in [0.15, 0.2) is 0 Å². The van der Waals surface area contributed by atoms with Crippen LogP contribution in [0, 0.1) is 6.92 Å². The maximum absolute atomic E-state index is 4.72. The summed E-state index contributed by atoms with van der Waals surface area (Å²) in [7, 11) is 0. The molecule has 0 atom stereocenters. The molecule has 2 saturated heterocycles. The lowest BCUT2D eigenvalue weighted by molar-refractivity contribution is 0.929. The van der Waals surface area contributed by atoms with Gasteiger partial charge in [-0.15, -0.1) is 0 Å². The molecule has 2 fully saturated rings. The molecule has 0 aliphatic carbocycles. The summed E-state index contributed by atoms with van der Waals surface area (Å²) in [6, 6.07) is 8.44. The molecule has 0 radical (unpaired) electrons. The average Bonchev–Trinajstić information content (AvgIpc) is 3.58. The summed E-state index contributed by atoms with van der Waals surface area (Å²) in [5.41, 5.74) is 3.40. The molecule has 33 heavy (non-hydrogen) atoms. The van der Waals surface area contributed by atoms with E-state index in [2.05, 4.69) is 53.6 Å². The number of anilines is 4. The Morgan fingerprint density at radius 2 is 1.30 bits per heavy atom. The zero-order chi connectivity index (χ0) is 22.5. The van der Waals surface area contributed by atoms with Gasteiger partial charge in [-0.1, -0.05) is 0 Å². The third-order valence-electron chi connectivity index (χ3n) is 6.36. The van der Waals surface area contributed by atoms with Crippen molar-refractivity contribution in [3.8, 4) is 0 Å². The van der Waals surface area contributed by atoms with Crippen molar-refractivity contribution in [2.24, 2.45) is 0 Å². The molecule has 3 aromatic rings. The summed E-state index contributed by atoms with van der Waals surface area (Å²) in [6.45, 7) is 7.77. The Morgan fingerprint density at radius 3 is 1.88 bits per heavy atom. The fourth-order valence-corrected chi connectivity index (χ4v) is 4.45. The number of aromatic nitrogens is 4. The van der Waals surface area contributed by atoms with Gasteiger partial charge >= 0.3 is 0 Å². The van der Waals surface area contributed by atoms with Crippen molar-refractivity contribution in [2.75, 3.05) is 46.6 Å². The topological polar surface area (TPSA) is 82.1 Å². The van der Waals surface area contributed by atoms with E-state index in [0.717, 1.165) is 49.2 Å². The molecule has 5 rings (SSSR count). The molecule has 0 aromatic carbocycles. The number of aryl methyl sites for hydroxylation is 1.